The highest BCUT2D eigenvalue weighted by Gasteiger charge is 2.37. The molecule has 6 nitrogen and oxygen atoms in total. The molecule has 0 aliphatic carbocycles. The number of benzene rings is 1. The lowest BCUT2D eigenvalue weighted by atomic mass is 9.94. The zero-order valence-corrected chi connectivity index (χ0v) is 18.9. The molecule has 1 fully saturated rings. The zero-order chi connectivity index (χ0) is 23.3. The highest BCUT2D eigenvalue weighted by molar-refractivity contribution is 7.91. The Morgan fingerprint density at radius 2 is 1.78 bits per heavy atom. The smallest absolute Gasteiger partial charge is 0.449 e. The van der Waals surface area contributed by atoms with Crippen molar-refractivity contribution in [2.75, 3.05) is 13.2 Å². The first-order valence-electron chi connectivity index (χ1n) is 10.4. The van der Waals surface area contributed by atoms with Gasteiger partial charge in [-0.2, -0.15) is 13.2 Å². The first kappa shape index (κ1) is 22.8. The molecule has 0 radical (unpaired) electrons. The van der Waals surface area contributed by atoms with Crippen molar-refractivity contribution in [2.45, 2.75) is 61.5 Å². The molecule has 1 saturated heterocycles. The van der Waals surface area contributed by atoms with Gasteiger partial charge in [0.1, 0.15) is 17.0 Å². The van der Waals surface area contributed by atoms with Crippen molar-refractivity contribution >= 4 is 20.9 Å². The molecule has 0 unspecified atom stereocenters. The van der Waals surface area contributed by atoms with Gasteiger partial charge in [-0.3, -0.25) is 0 Å². The van der Waals surface area contributed by atoms with Crippen molar-refractivity contribution in [3.63, 3.8) is 0 Å². The Labute approximate surface area is 184 Å². The first-order valence-corrected chi connectivity index (χ1v) is 11.8. The summed E-state index contributed by atoms with van der Waals surface area (Å²) in [5.74, 6) is -0.0958. The highest BCUT2D eigenvalue weighted by atomic mass is 32.2. The van der Waals surface area contributed by atoms with Gasteiger partial charge >= 0.3 is 6.18 Å². The molecule has 3 heterocycles. The van der Waals surface area contributed by atoms with Crippen LogP contribution < -0.4 is 0 Å². The summed E-state index contributed by atoms with van der Waals surface area (Å²) in [7, 11) is -4.20. The second kappa shape index (κ2) is 7.91. The van der Waals surface area contributed by atoms with E-state index in [1.807, 2.05) is 20.8 Å². The maximum atomic E-state index is 12.9. The lowest BCUT2D eigenvalue weighted by Crippen LogP contribution is -2.25. The average Bonchev–Trinajstić information content (AvgIpc) is 3.34. The number of alkyl halides is 3. The molecule has 0 spiro atoms. The van der Waals surface area contributed by atoms with Gasteiger partial charge in [0.05, 0.1) is 15.9 Å². The van der Waals surface area contributed by atoms with Gasteiger partial charge in [0.15, 0.2) is 0 Å². The summed E-state index contributed by atoms with van der Waals surface area (Å²) in [5.41, 5.74) is 1.00. The standard InChI is InChI=1S/C22H25F3N2O4S/c1-21(2,3)20-26-17-10-15(32(28,29)16-11-19(31-13-16)22(23,24)25)4-5-18(17)27(20)12-14-6-8-30-9-7-14/h4-5,10-11,13-14H,6-9,12H2,1-3H3. The molecule has 1 aliphatic rings. The molecule has 32 heavy (non-hydrogen) atoms. The van der Waals surface area contributed by atoms with Crippen LogP contribution in [-0.2, 0) is 32.7 Å². The van der Waals surface area contributed by atoms with Gasteiger partial charge in [0.25, 0.3) is 0 Å². The van der Waals surface area contributed by atoms with Gasteiger partial charge in [-0.15, -0.1) is 0 Å². The summed E-state index contributed by atoms with van der Waals surface area (Å²) in [6.07, 6.45) is -2.26. The predicted octanol–water partition coefficient (Wildman–Crippen LogP) is 5.21. The normalized spacial score (nSPS) is 16.7. The molecular formula is C22H25F3N2O4S. The summed E-state index contributed by atoms with van der Waals surface area (Å²) in [4.78, 5) is 4.06. The van der Waals surface area contributed by atoms with E-state index < -0.39 is 26.7 Å². The van der Waals surface area contributed by atoms with Crippen LogP contribution in [0, 0.1) is 5.92 Å². The van der Waals surface area contributed by atoms with Crippen LogP contribution in [0.5, 0.6) is 0 Å². The SMILES string of the molecule is CC(C)(C)c1nc2cc(S(=O)(=O)c3coc(C(F)(F)F)c3)ccc2n1CC1CCOCC1. The minimum Gasteiger partial charge on any atom is -0.458 e. The Balaban J connectivity index is 1.76. The second-order valence-corrected chi connectivity index (χ2v) is 11.1. The number of hydrogen-bond donors (Lipinski definition) is 0. The number of nitrogens with zero attached hydrogens (tertiary/aromatic N) is 2. The molecule has 0 atom stereocenters. The molecule has 0 N–H and O–H groups in total. The molecule has 0 saturated carbocycles. The average molecular weight is 471 g/mol. The fourth-order valence-corrected chi connectivity index (χ4v) is 5.19. The molecule has 174 valence electrons. The van der Waals surface area contributed by atoms with E-state index in [2.05, 4.69) is 8.98 Å². The van der Waals surface area contributed by atoms with Crippen LogP contribution in [0.4, 0.5) is 13.2 Å². The topological polar surface area (TPSA) is 74.3 Å². The van der Waals surface area contributed by atoms with Crippen LogP contribution in [-0.4, -0.2) is 31.2 Å². The highest BCUT2D eigenvalue weighted by Crippen LogP contribution is 2.35. The Hall–Kier alpha value is -2.33. The van der Waals surface area contributed by atoms with Crippen LogP contribution in [0.25, 0.3) is 11.0 Å². The molecule has 0 amide bonds. The van der Waals surface area contributed by atoms with E-state index in [1.54, 1.807) is 6.07 Å². The molecule has 1 aromatic carbocycles. The quantitative estimate of drug-likeness (QED) is 0.524. The summed E-state index contributed by atoms with van der Waals surface area (Å²) in [5, 5.41) is 0. The Kier molecular flexibility index (Phi) is 5.65. The van der Waals surface area contributed by atoms with E-state index in [0.29, 0.717) is 23.8 Å². The van der Waals surface area contributed by atoms with Crippen molar-refractivity contribution in [1.29, 1.82) is 0 Å². The number of sulfone groups is 1. The third-order valence-corrected chi connectivity index (χ3v) is 7.36. The van der Waals surface area contributed by atoms with Gasteiger partial charge in [-0.05, 0) is 37.0 Å². The number of halogens is 3. The minimum absolute atomic E-state index is 0.129. The summed E-state index contributed by atoms with van der Waals surface area (Å²) in [6.45, 7) is 8.29. The number of aromatic nitrogens is 2. The lowest BCUT2D eigenvalue weighted by Gasteiger charge is -2.26. The van der Waals surface area contributed by atoms with Crippen LogP contribution in [0.1, 0.15) is 45.2 Å². The summed E-state index contributed by atoms with van der Waals surface area (Å²) in [6, 6.07) is 5.01. The lowest BCUT2D eigenvalue weighted by molar-refractivity contribution is -0.153. The van der Waals surface area contributed by atoms with Crippen LogP contribution in [0.15, 0.2) is 44.7 Å². The second-order valence-electron chi connectivity index (χ2n) is 9.15. The fraction of sp³-hybridized carbons (Fsp3) is 0.500. The Morgan fingerprint density at radius 3 is 2.38 bits per heavy atom. The van der Waals surface area contributed by atoms with E-state index in [1.165, 1.54) is 12.1 Å². The molecule has 10 heteroatoms. The molecule has 1 aliphatic heterocycles. The van der Waals surface area contributed by atoms with Crippen molar-refractivity contribution in [2.24, 2.45) is 5.92 Å². The number of imidazole rings is 1. The Bertz CT molecular complexity index is 1230. The number of hydrogen-bond acceptors (Lipinski definition) is 5. The number of furan rings is 1. The zero-order valence-electron chi connectivity index (χ0n) is 18.1. The minimum atomic E-state index is -4.76. The summed E-state index contributed by atoms with van der Waals surface area (Å²) >= 11 is 0. The van der Waals surface area contributed by atoms with Crippen LogP contribution in [0.2, 0.25) is 0 Å². The van der Waals surface area contributed by atoms with Gasteiger partial charge in [0, 0.05) is 31.2 Å². The maximum absolute atomic E-state index is 12.9. The van der Waals surface area contributed by atoms with E-state index in [0.717, 1.165) is 43.9 Å². The van der Waals surface area contributed by atoms with Crippen molar-refractivity contribution in [1.82, 2.24) is 9.55 Å². The van der Waals surface area contributed by atoms with E-state index >= 15 is 0 Å². The van der Waals surface area contributed by atoms with Crippen LogP contribution in [0.3, 0.4) is 0 Å². The van der Waals surface area contributed by atoms with E-state index in [9.17, 15) is 21.6 Å². The van der Waals surface area contributed by atoms with Gasteiger partial charge in [0.2, 0.25) is 15.6 Å². The number of rotatable bonds is 4. The molecule has 3 aromatic rings. The first-order chi connectivity index (χ1) is 14.9. The van der Waals surface area contributed by atoms with Crippen LogP contribution >= 0.6 is 0 Å². The monoisotopic (exact) mass is 470 g/mol. The largest absolute Gasteiger partial charge is 0.458 e. The summed E-state index contributed by atoms with van der Waals surface area (Å²) < 4.78 is 76.4. The fourth-order valence-electron chi connectivity index (χ4n) is 3.97. The predicted molar refractivity (Wildman–Crippen MR) is 111 cm³/mol. The third kappa shape index (κ3) is 4.30. The van der Waals surface area contributed by atoms with E-state index in [4.69, 9.17) is 9.72 Å². The van der Waals surface area contributed by atoms with E-state index in [-0.39, 0.29) is 10.3 Å². The van der Waals surface area contributed by atoms with Gasteiger partial charge in [-0.25, -0.2) is 13.4 Å². The number of ether oxygens (including phenoxy) is 1. The van der Waals surface area contributed by atoms with Crippen molar-refractivity contribution in [3.05, 3.63) is 42.1 Å². The number of fused-ring (bicyclic) bond motifs is 1. The maximum Gasteiger partial charge on any atom is 0.449 e. The van der Waals surface area contributed by atoms with Crippen molar-refractivity contribution < 1.29 is 30.7 Å². The molecule has 2 aromatic heterocycles. The van der Waals surface area contributed by atoms with Gasteiger partial charge < -0.3 is 13.7 Å². The molecular weight excluding hydrogens is 445 g/mol. The molecule has 0 bridgehead atoms. The Morgan fingerprint density at radius 1 is 1.09 bits per heavy atom. The molecule has 4 rings (SSSR count). The van der Waals surface area contributed by atoms with Gasteiger partial charge in [-0.1, -0.05) is 20.8 Å². The van der Waals surface area contributed by atoms with Crippen molar-refractivity contribution in [3.8, 4) is 0 Å². The third-order valence-electron chi connectivity index (χ3n) is 5.65.